The van der Waals surface area contributed by atoms with Crippen molar-refractivity contribution in [1.82, 2.24) is 20.6 Å². The first-order valence-corrected chi connectivity index (χ1v) is 7.20. The number of rotatable bonds is 5. The first kappa shape index (κ1) is 15.2. The molecule has 0 aliphatic carbocycles. The molecule has 0 radical (unpaired) electrons. The Bertz CT molecular complexity index is 878. The van der Waals surface area contributed by atoms with Crippen LogP contribution in [0.2, 0.25) is 0 Å². The average Bonchev–Trinajstić information content (AvgIpc) is 3.13. The summed E-state index contributed by atoms with van der Waals surface area (Å²) < 4.78 is 5.84. The highest BCUT2D eigenvalue weighted by atomic mass is 16.5. The van der Waals surface area contributed by atoms with Gasteiger partial charge in [0.1, 0.15) is 23.1 Å². The lowest BCUT2D eigenvalue weighted by Gasteiger charge is -2.09. The van der Waals surface area contributed by atoms with Crippen LogP contribution in [0.3, 0.4) is 0 Å². The molecule has 0 saturated heterocycles. The third-order valence-corrected chi connectivity index (χ3v) is 3.27. The van der Waals surface area contributed by atoms with Gasteiger partial charge in [-0.1, -0.05) is 18.2 Å². The Hall–Kier alpha value is -3.66. The van der Waals surface area contributed by atoms with E-state index < -0.39 is 0 Å². The van der Waals surface area contributed by atoms with Crippen molar-refractivity contribution < 1.29 is 4.74 Å². The summed E-state index contributed by atoms with van der Waals surface area (Å²) in [6.45, 7) is 2.00. The number of benzene rings is 2. The maximum atomic E-state index is 9.11. The number of nitrogens with zero attached hydrogens (tertiary/aromatic N) is 4. The van der Waals surface area contributed by atoms with Crippen molar-refractivity contribution in [2.75, 3.05) is 5.32 Å². The van der Waals surface area contributed by atoms with E-state index >= 15 is 0 Å². The topological polar surface area (TPSA) is 99.5 Å². The van der Waals surface area contributed by atoms with Crippen LogP contribution in [0.5, 0.6) is 11.5 Å². The van der Waals surface area contributed by atoms with Crippen molar-refractivity contribution in [1.29, 1.82) is 5.26 Å². The number of nitriles is 1. The van der Waals surface area contributed by atoms with Crippen LogP contribution < -0.4 is 10.1 Å². The Morgan fingerprint density at radius 3 is 2.67 bits per heavy atom. The number of ether oxygens (including phenoxy) is 1. The molecule has 0 unspecified atom stereocenters. The summed E-state index contributed by atoms with van der Waals surface area (Å²) in [4.78, 5) is 0. The third kappa shape index (κ3) is 3.56. The Labute approximate surface area is 138 Å². The maximum Gasteiger partial charge on any atom is 0.216 e. The second-order valence-corrected chi connectivity index (χ2v) is 4.94. The molecule has 0 saturated carbocycles. The monoisotopic (exact) mass is 318 g/mol. The molecule has 118 valence electrons. The number of aryl methyl sites for hydroxylation is 1. The molecule has 0 atom stereocenters. The van der Waals surface area contributed by atoms with Crippen LogP contribution in [-0.2, 0) is 0 Å². The zero-order valence-electron chi connectivity index (χ0n) is 12.9. The van der Waals surface area contributed by atoms with Gasteiger partial charge in [0.15, 0.2) is 0 Å². The number of aromatic amines is 1. The molecular formula is C17H14N6O. The van der Waals surface area contributed by atoms with Gasteiger partial charge in [0.05, 0.1) is 0 Å². The van der Waals surface area contributed by atoms with Gasteiger partial charge in [-0.05, 0) is 48.0 Å². The summed E-state index contributed by atoms with van der Waals surface area (Å²) in [7, 11) is 0. The molecule has 0 aliphatic heterocycles. The normalized spacial score (nSPS) is 10.9. The molecule has 0 amide bonds. The summed E-state index contributed by atoms with van der Waals surface area (Å²) in [5.74, 6) is 1.80. The highest BCUT2D eigenvalue weighted by Gasteiger charge is 2.05. The quantitative estimate of drug-likeness (QED) is 0.700. The molecule has 24 heavy (non-hydrogen) atoms. The van der Waals surface area contributed by atoms with Gasteiger partial charge in [0.25, 0.3) is 0 Å². The maximum absolute atomic E-state index is 9.11. The van der Waals surface area contributed by atoms with Crippen molar-refractivity contribution in [3.63, 3.8) is 0 Å². The minimum atomic E-state index is 0.240. The fourth-order valence-electron chi connectivity index (χ4n) is 2.00. The van der Waals surface area contributed by atoms with Crippen LogP contribution in [0, 0.1) is 18.3 Å². The van der Waals surface area contributed by atoms with E-state index in [2.05, 4.69) is 25.9 Å². The lowest BCUT2D eigenvalue weighted by Crippen LogP contribution is -1.93. The van der Waals surface area contributed by atoms with E-state index in [1.165, 1.54) is 6.20 Å². The molecule has 3 rings (SSSR count). The summed E-state index contributed by atoms with van der Waals surface area (Å²) in [5.41, 5.74) is 2.16. The van der Waals surface area contributed by atoms with Crippen LogP contribution in [0.1, 0.15) is 11.4 Å². The number of anilines is 1. The number of allylic oxidation sites excluding steroid dienone is 1. The number of hydrogen-bond acceptors (Lipinski definition) is 6. The third-order valence-electron chi connectivity index (χ3n) is 3.27. The van der Waals surface area contributed by atoms with Gasteiger partial charge < -0.3 is 10.1 Å². The van der Waals surface area contributed by atoms with Gasteiger partial charge in [0.2, 0.25) is 5.82 Å². The molecule has 2 N–H and O–H groups in total. The van der Waals surface area contributed by atoms with Crippen molar-refractivity contribution in [2.24, 2.45) is 0 Å². The van der Waals surface area contributed by atoms with Gasteiger partial charge in [-0.25, -0.2) is 0 Å². The van der Waals surface area contributed by atoms with Crippen LogP contribution in [0.25, 0.3) is 5.57 Å². The predicted molar refractivity (Wildman–Crippen MR) is 89.1 cm³/mol. The van der Waals surface area contributed by atoms with Crippen LogP contribution in [0.4, 0.5) is 5.69 Å². The lowest BCUT2D eigenvalue weighted by atomic mass is 10.2. The molecule has 7 heteroatoms. The molecule has 7 nitrogen and oxygen atoms in total. The molecule has 1 aromatic heterocycles. The number of hydrogen-bond donors (Lipinski definition) is 2. The van der Waals surface area contributed by atoms with Crippen molar-refractivity contribution >= 4 is 11.3 Å². The lowest BCUT2D eigenvalue weighted by molar-refractivity contribution is 0.479. The highest BCUT2D eigenvalue weighted by Crippen LogP contribution is 2.25. The van der Waals surface area contributed by atoms with E-state index in [9.17, 15) is 0 Å². The van der Waals surface area contributed by atoms with Gasteiger partial charge >= 0.3 is 0 Å². The molecule has 1 heterocycles. The molecule has 0 fully saturated rings. The van der Waals surface area contributed by atoms with Gasteiger partial charge in [-0.15, -0.1) is 10.2 Å². The summed E-state index contributed by atoms with van der Waals surface area (Å²) in [6, 6.07) is 17.3. The predicted octanol–water partition coefficient (Wildman–Crippen LogP) is 3.28. The van der Waals surface area contributed by atoms with Crippen molar-refractivity contribution in [2.45, 2.75) is 6.92 Å². The summed E-state index contributed by atoms with van der Waals surface area (Å²) >= 11 is 0. The van der Waals surface area contributed by atoms with E-state index in [0.717, 1.165) is 22.7 Å². The van der Waals surface area contributed by atoms with Gasteiger partial charge in [-0.3, -0.25) is 0 Å². The zero-order valence-corrected chi connectivity index (χ0v) is 12.9. The summed E-state index contributed by atoms with van der Waals surface area (Å²) in [6.07, 6.45) is 1.53. The fourth-order valence-corrected chi connectivity index (χ4v) is 2.00. The van der Waals surface area contributed by atoms with Gasteiger partial charge in [-0.2, -0.15) is 10.5 Å². The standard InChI is InChI=1S/C17H14N6O/c1-12-4-2-3-5-16(12)24-15-8-6-14(7-9-15)19-11-13(10-18)17-20-22-23-21-17/h2-9,11,19H,1H3,(H,20,21,22,23). The first-order chi connectivity index (χ1) is 11.8. The number of aromatic nitrogens is 4. The zero-order chi connectivity index (χ0) is 16.8. The Morgan fingerprint density at radius 2 is 2.00 bits per heavy atom. The Kier molecular flexibility index (Phi) is 4.49. The summed E-state index contributed by atoms with van der Waals surface area (Å²) in [5, 5.41) is 25.4. The molecule has 0 bridgehead atoms. The van der Waals surface area contributed by atoms with Crippen LogP contribution in [0.15, 0.2) is 54.7 Å². The first-order valence-electron chi connectivity index (χ1n) is 7.20. The molecule has 0 spiro atoms. The van der Waals surface area contributed by atoms with Crippen LogP contribution in [-0.4, -0.2) is 20.6 Å². The second kappa shape index (κ2) is 7.07. The van der Waals surface area contributed by atoms with Crippen molar-refractivity contribution in [3.8, 4) is 17.6 Å². The Morgan fingerprint density at radius 1 is 1.21 bits per heavy atom. The van der Waals surface area contributed by atoms with Crippen molar-refractivity contribution in [3.05, 3.63) is 66.1 Å². The SMILES string of the molecule is Cc1ccccc1Oc1ccc(NC=C(C#N)c2nn[nH]n2)cc1. The smallest absolute Gasteiger partial charge is 0.216 e. The average molecular weight is 318 g/mol. The van der Waals surface area contributed by atoms with E-state index in [1.807, 2.05) is 61.5 Å². The van der Waals surface area contributed by atoms with E-state index in [4.69, 9.17) is 10.00 Å². The largest absolute Gasteiger partial charge is 0.457 e. The molecule has 3 aromatic rings. The molecular weight excluding hydrogens is 304 g/mol. The Balaban J connectivity index is 1.69. The van der Waals surface area contributed by atoms with Crippen LogP contribution >= 0.6 is 0 Å². The number of nitrogens with one attached hydrogen (secondary N) is 2. The molecule has 0 aliphatic rings. The van der Waals surface area contributed by atoms with E-state index in [1.54, 1.807) is 0 Å². The highest BCUT2D eigenvalue weighted by molar-refractivity contribution is 5.74. The van der Waals surface area contributed by atoms with E-state index in [0.29, 0.717) is 0 Å². The van der Waals surface area contributed by atoms with E-state index in [-0.39, 0.29) is 11.4 Å². The minimum absolute atomic E-state index is 0.240. The number of para-hydroxylation sites is 1. The molecule has 2 aromatic carbocycles. The minimum Gasteiger partial charge on any atom is -0.457 e. The fraction of sp³-hybridized carbons (Fsp3) is 0.0588. The number of tetrazole rings is 1. The number of H-pyrrole nitrogens is 1. The second-order valence-electron chi connectivity index (χ2n) is 4.94. The van der Waals surface area contributed by atoms with Gasteiger partial charge in [0, 0.05) is 11.9 Å².